The van der Waals surface area contributed by atoms with E-state index in [1.165, 1.54) is 12.1 Å². The van der Waals surface area contributed by atoms with E-state index in [4.69, 9.17) is 4.74 Å². The third kappa shape index (κ3) is 5.30. The molecule has 1 unspecified atom stereocenters. The van der Waals surface area contributed by atoms with Crippen LogP contribution in [0.15, 0.2) is 24.3 Å². The van der Waals surface area contributed by atoms with Crippen LogP contribution in [-0.2, 0) is 10.9 Å². The Balaban J connectivity index is 1.84. The van der Waals surface area contributed by atoms with Gasteiger partial charge in [-0.05, 0) is 52.3 Å². The van der Waals surface area contributed by atoms with Gasteiger partial charge in [0.2, 0.25) is 0 Å². The van der Waals surface area contributed by atoms with Crippen molar-refractivity contribution in [1.82, 2.24) is 9.80 Å². The minimum Gasteiger partial charge on any atom is -0.444 e. The Labute approximate surface area is 179 Å². The standard InChI is InChI=1S/C22H29F5N2O2/c1-13-12-29(19(30)31-20(3,4)5)14(2)11-28(13)18(17-10-21(17,23)24)15-6-8-16(9-7-15)22(25,26)27/h6-9,13-14,17-18H,10-12H2,1-5H3/t13-,14+,17-,18?/m1/s1. The molecule has 1 aromatic rings. The van der Waals surface area contributed by atoms with E-state index in [1.807, 2.05) is 18.7 Å². The lowest BCUT2D eigenvalue weighted by Gasteiger charge is -2.47. The Hall–Kier alpha value is -1.90. The van der Waals surface area contributed by atoms with Gasteiger partial charge in [-0.3, -0.25) is 4.90 Å². The molecule has 1 heterocycles. The van der Waals surface area contributed by atoms with E-state index in [-0.39, 0.29) is 25.0 Å². The minimum atomic E-state index is -4.49. The van der Waals surface area contributed by atoms with Gasteiger partial charge in [0.1, 0.15) is 5.60 Å². The van der Waals surface area contributed by atoms with E-state index in [1.54, 1.807) is 25.7 Å². The summed E-state index contributed by atoms with van der Waals surface area (Å²) in [6.07, 6.45) is -5.25. The maximum atomic E-state index is 14.1. The summed E-state index contributed by atoms with van der Waals surface area (Å²) in [5.74, 6) is -3.81. The summed E-state index contributed by atoms with van der Waals surface area (Å²) < 4.78 is 72.4. The molecule has 0 N–H and O–H groups in total. The Bertz CT molecular complexity index is 804. The summed E-state index contributed by atoms with van der Waals surface area (Å²) in [5.41, 5.74) is -1.04. The van der Waals surface area contributed by atoms with Crippen molar-refractivity contribution < 1.29 is 31.5 Å². The minimum absolute atomic E-state index is 0.271. The van der Waals surface area contributed by atoms with E-state index < -0.39 is 41.3 Å². The SMILES string of the molecule is C[C@@H]1CN(C(=O)OC(C)(C)C)[C@@H](C)CN1C(c1ccc(C(F)(F)F)cc1)[C@H]1CC1(F)F. The third-order valence-corrected chi connectivity index (χ3v) is 5.85. The van der Waals surface area contributed by atoms with Crippen LogP contribution in [-0.4, -0.2) is 52.6 Å². The van der Waals surface area contributed by atoms with Crippen LogP contribution in [0.5, 0.6) is 0 Å². The number of benzene rings is 1. The number of rotatable bonds is 3. The van der Waals surface area contributed by atoms with E-state index in [9.17, 15) is 26.7 Å². The fourth-order valence-electron chi connectivity index (χ4n) is 4.22. The van der Waals surface area contributed by atoms with Gasteiger partial charge >= 0.3 is 12.3 Å². The van der Waals surface area contributed by atoms with Crippen LogP contribution in [0.4, 0.5) is 26.7 Å². The van der Waals surface area contributed by atoms with Crippen molar-refractivity contribution in [3.8, 4) is 0 Å². The molecule has 31 heavy (non-hydrogen) atoms. The predicted molar refractivity (Wildman–Crippen MR) is 106 cm³/mol. The smallest absolute Gasteiger partial charge is 0.416 e. The van der Waals surface area contributed by atoms with Crippen molar-refractivity contribution in [1.29, 1.82) is 0 Å². The number of hydrogen-bond donors (Lipinski definition) is 0. The molecule has 4 atom stereocenters. The normalized spacial score (nSPS) is 27.7. The molecule has 1 aliphatic carbocycles. The molecule has 0 bridgehead atoms. The Morgan fingerprint density at radius 3 is 2.06 bits per heavy atom. The highest BCUT2D eigenvalue weighted by molar-refractivity contribution is 5.68. The topological polar surface area (TPSA) is 32.8 Å². The lowest BCUT2D eigenvalue weighted by Crippen LogP contribution is -2.59. The molecule has 0 spiro atoms. The largest absolute Gasteiger partial charge is 0.444 e. The van der Waals surface area contributed by atoms with Crippen LogP contribution in [0, 0.1) is 5.92 Å². The quantitative estimate of drug-likeness (QED) is 0.554. The van der Waals surface area contributed by atoms with Crippen LogP contribution >= 0.6 is 0 Å². The number of amides is 1. The van der Waals surface area contributed by atoms with Crippen molar-refractivity contribution in [3.05, 3.63) is 35.4 Å². The summed E-state index contributed by atoms with van der Waals surface area (Å²) in [4.78, 5) is 16.0. The third-order valence-electron chi connectivity index (χ3n) is 5.85. The van der Waals surface area contributed by atoms with Crippen LogP contribution in [0.2, 0.25) is 0 Å². The van der Waals surface area contributed by atoms with Crippen LogP contribution in [0.25, 0.3) is 0 Å². The summed E-state index contributed by atoms with van der Waals surface area (Å²) in [6, 6.07) is 3.17. The molecule has 1 aromatic carbocycles. The zero-order valence-corrected chi connectivity index (χ0v) is 18.3. The Morgan fingerprint density at radius 1 is 1.06 bits per heavy atom. The van der Waals surface area contributed by atoms with E-state index in [0.717, 1.165) is 12.1 Å². The number of alkyl halides is 5. The van der Waals surface area contributed by atoms with Crippen LogP contribution < -0.4 is 0 Å². The average Bonchev–Trinajstić information content (AvgIpc) is 3.23. The number of carbonyl (C=O) groups excluding carboxylic acids is 1. The van der Waals surface area contributed by atoms with Gasteiger partial charge in [0, 0.05) is 43.6 Å². The van der Waals surface area contributed by atoms with E-state index in [0.29, 0.717) is 12.1 Å². The van der Waals surface area contributed by atoms with Gasteiger partial charge < -0.3 is 9.64 Å². The van der Waals surface area contributed by atoms with Crippen molar-refractivity contribution in [2.45, 2.75) is 76.9 Å². The number of hydrogen-bond acceptors (Lipinski definition) is 3. The zero-order chi connectivity index (χ0) is 23.4. The molecule has 1 saturated heterocycles. The number of ether oxygens (including phenoxy) is 1. The van der Waals surface area contributed by atoms with Crippen LogP contribution in [0.3, 0.4) is 0 Å². The molecular weight excluding hydrogens is 419 g/mol. The van der Waals surface area contributed by atoms with Crippen LogP contribution in [0.1, 0.15) is 58.2 Å². The summed E-state index contributed by atoms with van der Waals surface area (Å²) in [6.45, 7) is 9.56. The van der Waals surface area contributed by atoms with Gasteiger partial charge in [-0.1, -0.05) is 12.1 Å². The second kappa shape index (κ2) is 7.90. The zero-order valence-electron chi connectivity index (χ0n) is 18.3. The molecule has 4 nitrogen and oxygen atoms in total. The molecule has 3 rings (SSSR count). The highest BCUT2D eigenvalue weighted by Crippen LogP contribution is 2.57. The van der Waals surface area contributed by atoms with Gasteiger partial charge in [-0.2, -0.15) is 13.2 Å². The summed E-state index contributed by atoms with van der Waals surface area (Å²) >= 11 is 0. The molecular formula is C22H29F5N2O2. The first kappa shape index (κ1) is 23.8. The lowest BCUT2D eigenvalue weighted by molar-refractivity contribution is -0.137. The predicted octanol–water partition coefficient (Wildman–Crippen LogP) is 5.73. The molecule has 9 heteroatoms. The molecule has 0 radical (unpaired) electrons. The van der Waals surface area contributed by atoms with E-state index >= 15 is 0 Å². The molecule has 1 aliphatic heterocycles. The molecule has 0 aromatic heterocycles. The maximum Gasteiger partial charge on any atom is 0.416 e. The highest BCUT2D eigenvalue weighted by atomic mass is 19.4. The monoisotopic (exact) mass is 448 g/mol. The molecule has 2 aliphatic rings. The Kier molecular flexibility index (Phi) is 6.06. The number of halogens is 5. The first-order chi connectivity index (χ1) is 14.1. The molecule has 2 fully saturated rings. The molecule has 1 amide bonds. The van der Waals surface area contributed by atoms with Crippen molar-refractivity contribution in [2.24, 2.45) is 5.92 Å². The van der Waals surface area contributed by atoms with E-state index in [2.05, 4.69) is 0 Å². The highest BCUT2D eigenvalue weighted by Gasteiger charge is 2.62. The number of carbonyl (C=O) groups is 1. The van der Waals surface area contributed by atoms with Gasteiger partial charge in [0.15, 0.2) is 0 Å². The van der Waals surface area contributed by atoms with Crippen molar-refractivity contribution in [2.75, 3.05) is 13.1 Å². The van der Waals surface area contributed by atoms with Crippen molar-refractivity contribution in [3.63, 3.8) is 0 Å². The molecule has 174 valence electrons. The molecule has 1 saturated carbocycles. The summed E-state index contributed by atoms with van der Waals surface area (Å²) in [5, 5.41) is 0. The average molecular weight is 448 g/mol. The van der Waals surface area contributed by atoms with Gasteiger partial charge in [-0.15, -0.1) is 0 Å². The van der Waals surface area contributed by atoms with Gasteiger partial charge in [-0.25, -0.2) is 13.6 Å². The first-order valence-corrected chi connectivity index (χ1v) is 10.4. The first-order valence-electron chi connectivity index (χ1n) is 10.4. The maximum absolute atomic E-state index is 14.1. The number of piperazine rings is 1. The fraction of sp³-hybridized carbons (Fsp3) is 0.682. The second-order valence-corrected chi connectivity index (χ2v) is 9.66. The number of nitrogens with zero attached hydrogens (tertiary/aromatic N) is 2. The Morgan fingerprint density at radius 2 is 1.61 bits per heavy atom. The fourth-order valence-corrected chi connectivity index (χ4v) is 4.22. The summed E-state index contributed by atoms with van der Waals surface area (Å²) in [7, 11) is 0. The lowest BCUT2D eigenvalue weighted by atomic mass is 9.95. The van der Waals surface area contributed by atoms with Gasteiger partial charge in [0.25, 0.3) is 5.92 Å². The second-order valence-electron chi connectivity index (χ2n) is 9.66. The van der Waals surface area contributed by atoms with Crippen molar-refractivity contribution >= 4 is 6.09 Å². The van der Waals surface area contributed by atoms with Gasteiger partial charge in [0.05, 0.1) is 5.56 Å².